The van der Waals surface area contributed by atoms with E-state index in [1.807, 2.05) is 19.9 Å². The minimum atomic E-state index is 0.118. The number of hydrogen-bond donors (Lipinski definition) is 2. The highest BCUT2D eigenvalue weighted by Gasteiger charge is 2.09. The maximum Gasteiger partial charge on any atom is 0.224 e. The zero-order valence-electron chi connectivity index (χ0n) is 11.4. The normalized spacial score (nSPS) is 9.74. The van der Waals surface area contributed by atoms with E-state index in [1.165, 1.54) is 0 Å². The number of amides is 1. The molecule has 0 unspecified atom stereocenters. The molecule has 1 aromatic rings. The third-order valence-corrected chi connectivity index (χ3v) is 3.00. The Morgan fingerprint density at radius 1 is 1.42 bits per heavy atom. The molecule has 0 saturated heterocycles. The average Bonchev–Trinajstić information content (AvgIpc) is 2.42. The van der Waals surface area contributed by atoms with Gasteiger partial charge in [0, 0.05) is 26.1 Å². The van der Waals surface area contributed by atoms with Gasteiger partial charge in [0.15, 0.2) is 0 Å². The van der Waals surface area contributed by atoms with Crippen LogP contribution < -0.4 is 11.1 Å². The van der Waals surface area contributed by atoms with E-state index in [0.717, 1.165) is 13.1 Å². The zero-order chi connectivity index (χ0) is 14.3. The Balaban J connectivity index is 2.55. The van der Waals surface area contributed by atoms with Crippen LogP contribution in [0.3, 0.4) is 0 Å². The largest absolute Gasteiger partial charge is 0.396 e. The van der Waals surface area contributed by atoms with Gasteiger partial charge in [-0.25, -0.2) is 0 Å². The van der Waals surface area contributed by atoms with Crippen molar-refractivity contribution >= 4 is 17.3 Å². The lowest BCUT2D eigenvalue weighted by atomic mass is 10.1. The molecule has 1 aromatic carbocycles. The van der Waals surface area contributed by atoms with Crippen molar-refractivity contribution < 1.29 is 4.79 Å². The molecule has 0 radical (unpaired) electrons. The molecule has 19 heavy (non-hydrogen) atoms. The topological polar surface area (TPSA) is 82.2 Å². The number of nitrogens with one attached hydrogen (secondary N) is 1. The van der Waals surface area contributed by atoms with Gasteiger partial charge in [-0.05, 0) is 26.0 Å². The predicted octanol–water partition coefficient (Wildman–Crippen LogP) is 1.81. The van der Waals surface area contributed by atoms with Gasteiger partial charge in [0.1, 0.15) is 6.07 Å². The van der Waals surface area contributed by atoms with Gasteiger partial charge in [0.25, 0.3) is 0 Å². The van der Waals surface area contributed by atoms with Gasteiger partial charge in [-0.1, -0.05) is 6.07 Å². The van der Waals surface area contributed by atoms with Gasteiger partial charge in [-0.3, -0.25) is 4.79 Å². The van der Waals surface area contributed by atoms with Crippen LogP contribution >= 0.6 is 0 Å². The number of nitrogens with two attached hydrogens (primary N) is 1. The minimum absolute atomic E-state index is 0.118. The molecule has 5 heteroatoms. The highest BCUT2D eigenvalue weighted by atomic mass is 16.2. The van der Waals surface area contributed by atoms with Crippen molar-refractivity contribution in [1.82, 2.24) is 4.90 Å². The molecule has 3 N–H and O–H groups in total. The Hall–Kier alpha value is -2.22. The molecule has 0 aliphatic rings. The predicted molar refractivity (Wildman–Crippen MR) is 76.6 cm³/mol. The summed E-state index contributed by atoms with van der Waals surface area (Å²) in [6.45, 7) is 5.88. The summed E-state index contributed by atoms with van der Waals surface area (Å²) in [5.41, 5.74) is 7.42. The number of rotatable bonds is 6. The van der Waals surface area contributed by atoms with Gasteiger partial charge in [0.2, 0.25) is 5.91 Å². The van der Waals surface area contributed by atoms with Gasteiger partial charge < -0.3 is 16.0 Å². The number of anilines is 2. The minimum Gasteiger partial charge on any atom is -0.396 e. The second-order valence-electron chi connectivity index (χ2n) is 4.12. The van der Waals surface area contributed by atoms with Gasteiger partial charge in [-0.2, -0.15) is 5.26 Å². The van der Waals surface area contributed by atoms with E-state index in [1.54, 1.807) is 23.1 Å². The van der Waals surface area contributed by atoms with E-state index in [2.05, 4.69) is 5.32 Å². The van der Waals surface area contributed by atoms with Crippen LogP contribution in [0.5, 0.6) is 0 Å². The number of nitriles is 1. The Labute approximate surface area is 114 Å². The summed E-state index contributed by atoms with van der Waals surface area (Å²) in [6.07, 6.45) is 0.415. The third kappa shape index (κ3) is 3.88. The second-order valence-corrected chi connectivity index (χ2v) is 4.12. The molecule has 0 spiro atoms. The lowest BCUT2D eigenvalue weighted by molar-refractivity contribution is -0.130. The van der Waals surface area contributed by atoms with Crippen LogP contribution in [0.25, 0.3) is 0 Å². The van der Waals surface area contributed by atoms with Gasteiger partial charge >= 0.3 is 0 Å². The molecule has 5 nitrogen and oxygen atoms in total. The van der Waals surface area contributed by atoms with E-state index in [0.29, 0.717) is 29.9 Å². The lowest BCUT2D eigenvalue weighted by Gasteiger charge is -2.19. The first kappa shape index (κ1) is 14.8. The van der Waals surface area contributed by atoms with Gasteiger partial charge in [-0.15, -0.1) is 0 Å². The van der Waals surface area contributed by atoms with Crippen LogP contribution in [-0.4, -0.2) is 30.4 Å². The maximum absolute atomic E-state index is 11.8. The van der Waals surface area contributed by atoms with E-state index in [9.17, 15) is 4.79 Å². The van der Waals surface area contributed by atoms with Crippen molar-refractivity contribution in [3.05, 3.63) is 23.8 Å². The molecular formula is C14H20N4O. The number of nitrogens with zero attached hydrogens (tertiary/aromatic N) is 2. The Morgan fingerprint density at radius 3 is 2.68 bits per heavy atom. The van der Waals surface area contributed by atoms with Crippen LogP contribution in [0.4, 0.5) is 11.4 Å². The van der Waals surface area contributed by atoms with Crippen molar-refractivity contribution in [3.63, 3.8) is 0 Å². The number of carbonyl (C=O) groups is 1. The first-order valence-corrected chi connectivity index (χ1v) is 6.44. The zero-order valence-corrected chi connectivity index (χ0v) is 11.4. The van der Waals surface area contributed by atoms with Crippen molar-refractivity contribution in [2.75, 3.05) is 30.7 Å². The van der Waals surface area contributed by atoms with Crippen molar-refractivity contribution in [2.45, 2.75) is 20.3 Å². The molecule has 102 valence electrons. The van der Waals surface area contributed by atoms with E-state index < -0.39 is 0 Å². The fourth-order valence-electron chi connectivity index (χ4n) is 1.86. The highest BCUT2D eigenvalue weighted by molar-refractivity contribution is 5.77. The van der Waals surface area contributed by atoms with Crippen LogP contribution in [-0.2, 0) is 4.79 Å². The molecule has 0 aliphatic carbocycles. The molecule has 0 atom stereocenters. The molecule has 1 rings (SSSR count). The number of hydrogen-bond acceptors (Lipinski definition) is 4. The molecule has 0 bridgehead atoms. The van der Waals surface area contributed by atoms with Crippen molar-refractivity contribution in [1.29, 1.82) is 5.26 Å². The SMILES string of the molecule is CCN(CC)C(=O)CCNc1cccc(C#N)c1N. The van der Waals surface area contributed by atoms with Crippen LogP contribution in [0, 0.1) is 11.3 Å². The first-order chi connectivity index (χ1) is 9.13. The van der Waals surface area contributed by atoms with E-state index in [-0.39, 0.29) is 5.91 Å². The molecular weight excluding hydrogens is 240 g/mol. The van der Waals surface area contributed by atoms with Crippen LogP contribution in [0.15, 0.2) is 18.2 Å². The lowest BCUT2D eigenvalue weighted by Crippen LogP contribution is -2.31. The molecule has 0 aliphatic heterocycles. The fourth-order valence-corrected chi connectivity index (χ4v) is 1.86. The van der Waals surface area contributed by atoms with Crippen LogP contribution in [0.1, 0.15) is 25.8 Å². The van der Waals surface area contributed by atoms with E-state index >= 15 is 0 Å². The summed E-state index contributed by atoms with van der Waals surface area (Å²) < 4.78 is 0. The molecule has 0 saturated carbocycles. The average molecular weight is 260 g/mol. The van der Waals surface area contributed by atoms with Crippen molar-refractivity contribution in [2.24, 2.45) is 0 Å². The monoisotopic (exact) mass is 260 g/mol. The number of nitrogen functional groups attached to an aromatic ring is 1. The molecule has 0 heterocycles. The third-order valence-electron chi connectivity index (χ3n) is 3.00. The summed E-state index contributed by atoms with van der Waals surface area (Å²) in [7, 11) is 0. The summed E-state index contributed by atoms with van der Waals surface area (Å²) in [5.74, 6) is 0.118. The smallest absolute Gasteiger partial charge is 0.224 e. The maximum atomic E-state index is 11.8. The standard InChI is InChI=1S/C14H20N4O/c1-3-18(4-2)13(19)8-9-17-12-7-5-6-11(10-15)14(12)16/h5-7,17H,3-4,8-9,16H2,1-2H3. The van der Waals surface area contributed by atoms with Crippen molar-refractivity contribution in [3.8, 4) is 6.07 Å². The fraction of sp³-hybridized carbons (Fsp3) is 0.429. The Kier molecular flexibility index (Phi) is 5.68. The van der Waals surface area contributed by atoms with Gasteiger partial charge in [0.05, 0.1) is 16.9 Å². The number of para-hydroxylation sites is 1. The first-order valence-electron chi connectivity index (χ1n) is 6.44. The second kappa shape index (κ2) is 7.27. The summed E-state index contributed by atoms with van der Waals surface area (Å²) in [6, 6.07) is 7.27. The Morgan fingerprint density at radius 2 is 2.11 bits per heavy atom. The molecule has 1 amide bonds. The number of carbonyl (C=O) groups excluding carboxylic acids is 1. The van der Waals surface area contributed by atoms with E-state index in [4.69, 9.17) is 11.0 Å². The highest BCUT2D eigenvalue weighted by Crippen LogP contribution is 2.21. The summed E-state index contributed by atoms with van der Waals surface area (Å²) >= 11 is 0. The summed E-state index contributed by atoms with van der Waals surface area (Å²) in [4.78, 5) is 13.6. The summed E-state index contributed by atoms with van der Waals surface area (Å²) in [5, 5.41) is 12.0. The molecule has 0 aromatic heterocycles. The molecule has 0 fully saturated rings. The Bertz CT molecular complexity index is 475. The van der Waals surface area contributed by atoms with Crippen LogP contribution in [0.2, 0.25) is 0 Å². The number of benzene rings is 1. The quantitative estimate of drug-likeness (QED) is 0.764.